The van der Waals surface area contributed by atoms with Gasteiger partial charge in [-0.1, -0.05) is 12.1 Å². The van der Waals surface area contributed by atoms with E-state index in [2.05, 4.69) is 15.6 Å². The number of amides is 1. The normalized spacial score (nSPS) is 17.2. The van der Waals surface area contributed by atoms with Gasteiger partial charge in [0.15, 0.2) is 0 Å². The summed E-state index contributed by atoms with van der Waals surface area (Å²) < 4.78 is 11.1. The maximum atomic E-state index is 12.1. The number of hydrogen-bond donors (Lipinski definition) is 2. The maximum absolute atomic E-state index is 12.1. The molecule has 1 aliphatic heterocycles. The number of pyridine rings is 1. The van der Waals surface area contributed by atoms with Crippen LogP contribution in [0.4, 0.5) is 5.69 Å². The minimum atomic E-state index is -0.0418. The molecule has 1 aromatic carbocycles. The van der Waals surface area contributed by atoms with Gasteiger partial charge in [0.25, 0.3) is 0 Å². The number of hydrogen-bond acceptors (Lipinski definition) is 5. The third-order valence-electron chi connectivity index (χ3n) is 3.66. The van der Waals surface area contributed by atoms with Crippen LogP contribution in [-0.4, -0.2) is 36.7 Å². The van der Waals surface area contributed by atoms with E-state index in [0.29, 0.717) is 32.0 Å². The molecule has 1 saturated heterocycles. The molecule has 3 rings (SSSR count). The molecule has 0 radical (unpaired) electrons. The number of carbonyl (C=O) groups excluding carboxylic acids is 1. The predicted octanol–water partition coefficient (Wildman–Crippen LogP) is 1.98. The highest BCUT2D eigenvalue weighted by molar-refractivity contribution is 5.91. The smallest absolute Gasteiger partial charge is 0.226 e. The highest BCUT2D eigenvalue weighted by atomic mass is 16.5. The average molecular weight is 327 g/mol. The molecule has 126 valence electrons. The summed E-state index contributed by atoms with van der Waals surface area (Å²) in [5, 5.41) is 6.17. The third-order valence-corrected chi connectivity index (χ3v) is 3.66. The second-order valence-corrected chi connectivity index (χ2v) is 5.62. The zero-order valence-corrected chi connectivity index (χ0v) is 13.4. The number of morpholine rings is 1. The number of carbonyl (C=O) groups is 1. The van der Waals surface area contributed by atoms with E-state index in [0.717, 1.165) is 17.9 Å². The fraction of sp³-hybridized carbons (Fsp3) is 0.333. The summed E-state index contributed by atoms with van der Waals surface area (Å²) in [5.41, 5.74) is 1.57. The number of ether oxygens (including phenoxy) is 2. The standard InChI is InChI=1S/C18H21N3O3/c22-18(11-16-12-23-9-8-20-16)21-14-5-3-6-17(10-14)24-13-15-4-1-2-7-19-15/h1-7,10,16,20H,8-9,11-13H2,(H,21,22). The third kappa shape index (κ3) is 5.04. The summed E-state index contributed by atoms with van der Waals surface area (Å²) in [6.07, 6.45) is 2.12. The number of nitrogens with zero attached hydrogens (tertiary/aromatic N) is 1. The Hall–Kier alpha value is -2.44. The lowest BCUT2D eigenvalue weighted by Crippen LogP contribution is -2.43. The Bertz CT molecular complexity index is 658. The fourth-order valence-corrected chi connectivity index (χ4v) is 2.49. The molecule has 1 amide bonds. The number of benzene rings is 1. The molecule has 6 heteroatoms. The van der Waals surface area contributed by atoms with Crippen LogP contribution in [0.25, 0.3) is 0 Å². The number of rotatable bonds is 6. The van der Waals surface area contributed by atoms with Gasteiger partial charge in [0.2, 0.25) is 5.91 Å². The van der Waals surface area contributed by atoms with Gasteiger partial charge in [-0.2, -0.15) is 0 Å². The van der Waals surface area contributed by atoms with Crippen LogP contribution < -0.4 is 15.4 Å². The van der Waals surface area contributed by atoms with E-state index in [1.165, 1.54) is 0 Å². The van der Waals surface area contributed by atoms with Crippen molar-refractivity contribution in [2.24, 2.45) is 0 Å². The SMILES string of the molecule is O=C(CC1COCCN1)Nc1cccc(OCc2ccccn2)c1. The van der Waals surface area contributed by atoms with E-state index >= 15 is 0 Å². The van der Waals surface area contributed by atoms with Crippen LogP contribution in [0.1, 0.15) is 12.1 Å². The van der Waals surface area contributed by atoms with Gasteiger partial charge < -0.3 is 20.1 Å². The molecule has 0 saturated carbocycles. The van der Waals surface area contributed by atoms with Crippen molar-refractivity contribution < 1.29 is 14.3 Å². The van der Waals surface area contributed by atoms with Crippen LogP contribution in [0.5, 0.6) is 5.75 Å². The lowest BCUT2D eigenvalue weighted by atomic mass is 10.2. The van der Waals surface area contributed by atoms with E-state index in [4.69, 9.17) is 9.47 Å². The van der Waals surface area contributed by atoms with E-state index < -0.39 is 0 Å². The summed E-state index contributed by atoms with van der Waals surface area (Å²) >= 11 is 0. The first kappa shape index (κ1) is 16.4. The molecule has 0 spiro atoms. The molecular weight excluding hydrogens is 306 g/mol. The Morgan fingerprint density at radius 1 is 1.33 bits per heavy atom. The Labute approximate surface area is 141 Å². The van der Waals surface area contributed by atoms with E-state index in [1.807, 2.05) is 42.5 Å². The Kier molecular flexibility index (Phi) is 5.76. The average Bonchev–Trinajstić information content (AvgIpc) is 2.62. The van der Waals surface area contributed by atoms with Crippen molar-refractivity contribution in [1.82, 2.24) is 10.3 Å². The molecule has 6 nitrogen and oxygen atoms in total. The highest BCUT2D eigenvalue weighted by Gasteiger charge is 2.16. The van der Waals surface area contributed by atoms with Gasteiger partial charge in [-0.3, -0.25) is 9.78 Å². The van der Waals surface area contributed by atoms with Crippen LogP contribution in [0.15, 0.2) is 48.7 Å². The highest BCUT2D eigenvalue weighted by Crippen LogP contribution is 2.18. The maximum Gasteiger partial charge on any atom is 0.226 e. The quantitative estimate of drug-likeness (QED) is 0.849. The zero-order chi connectivity index (χ0) is 16.6. The molecular formula is C18H21N3O3. The minimum Gasteiger partial charge on any atom is -0.487 e. The van der Waals surface area contributed by atoms with Gasteiger partial charge >= 0.3 is 0 Å². The molecule has 1 aliphatic rings. The van der Waals surface area contributed by atoms with Crippen molar-refractivity contribution in [3.63, 3.8) is 0 Å². The molecule has 24 heavy (non-hydrogen) atoms. The van der Waals surface area contributed by atoms with Gasteiger partial charge in [-0.05, 0) is 24.3 Å². The second kappa shape index (κ2) is 8.42. The molecule has 1 atom stereocenters. The second-order valence-electron chi connectivity index (χ2n) is 5.62. The summed E-state index contributed by atoms with van der Waals surface area (Å²) in [6.45, 7) is 2.45. The van der Waals surface area contributed by atoms with E-state index in [-0.39, 0.29) is 11.9 Å². The van der Waals surface area contributed by atoms with Crippen LogP contribution in [-0.2, 0) is 16.1 Å². The first-order valence-corrected chi connectivity index (χ1v) is 8.03. The number of anilines is 1. The van der Waals surface area contributed by atoms with Crippen LogP contribution in [0.2, 0.25) is 0 Å². The number of nitrogens with one attached hydrogen (secondary N) is 2. The van der Waals surface area contributed by atoms with Crippen molar-refractivity contribution in [1.29, 1.82) is 0 Å². The predicted molar refractivity (Wildman–Crippen MR) is 90.9 cm³/mol. The molecule has 1 aromatic heterocycles. The van der Waals surface area contributed by atoms with E-state index in [1.54, 1.807) is 6.20 Å². The van der Waals surface area contributed by atoms with Crippen molar-refractivity contribution >= 4 is 11.6 Å². The molecule has 2 N–H and O–H groups in total. The van der Waals surface area contributed by atoms with Gasteiger partial charge in [-0.25, -0.2) is 0 Å². The van der Waals surface area contributed by atoms with Gasteiger partial charge in [0.05, 0.1) is 18.9 Å². The van der Waals surface area contributed by atoms with Crippen LogP contribution >= 0.6 is 0 Å². The van der Waals surface area contributed by atoms with Crippen LogP contribution in [0, 0.1) is 0 Å². The van der Waals surface area contributed by atoms with Crippen molar-refractivity contribution in [3.8, 4) is 5.75 Å². The molecule has 2 aromatic rings. The molecule has 0 aliphatic carbocycles. The summed E-state index contributed by atoms with van der Waals surface area (Å²) in [7, 11) is 0. The fourth-order valence-electron chi connectivity index (χ4n) is 2.49. The largest absolute Gasteiger partial charge is 0.487 e. The zero-order valence-electron chi connectivity index (χ0n) is 13.4. The van der Waals surface area contributed by atoms with Gasteiger partial charge in [-0.15, -0.1) is 0 Å². The molecule has 1 fully saturated rings. The Morgan fingerprint density at radius 2 is 2.29 bits per heavy atom. The summed E-state index contributed by atoms with van der Waals surface area (Å²) in [6, 6.07) is 13.1. The van der Waals surface area contributed by atoms with Crippen LogP contribution in [0.3, 0.4) is 0 Å². The molecule has 1 unspecified atom stereocenters. The Balaban J connectivity index is 1.51. The summed E-state index contributed by atoms with van der Waals surface area (Å²) in [5.74, 6) is 0.650. The number of aromatic nitrogens is 1. The monoisotopic (exact) mass is 327 g/mol. The van der Waals surface area contributed by atoms with Crippen molar-refractivity contribution in [2.45, 2.75) is 19.1 Å². The van der Waals surface area contributed by atoms with Crippen molar-refractivity contribution in [3.05, 3.63) is 54.4 Å². The lowest BCUT2D eigenvalue weighted by Gasteiger charge is -2.23. The topological polar surface area (TPSA) is 72.5 Å². The summed E-state index contributed by atoms with van der Waals surface area (Å²) in [4.78, 5) is 16.3. The minimum absolute atomic E-state index is 0.0418. The Morgan fingerprint density at radius 3 is 3.08 bits per heavy atom. The van der Waals surface area contributed by atoms with Gasteiger partial charge in [0.1, 0.15) is 12.4 Å². The van der Waals surface area contributed by atoms with Gasteiger partial charge in [0, 0.05) is 37.0 Å². The first-order valence-electron chi connectivity index (χ1n) is 8.03. The van der Waals surface area contributed by atoms with E-state index in [9.17, 15) is 4.79 Å². The van der Waals surface area contributed by atoms with Crippen molar-refractivity contribution in [2.75, 3.05) is 25.1 Å². The first-order chi connectivity index (χ1) is 11.8. The lowest BCUT2D eigenvalue weighted by molar-refractivity contribution is -0.117. The molecule has 0 bridgehead atoms. The molecule has 2 heterocycles.